The quantitative estimate of drug-likeness (QED) is 0.788. The van der Waals surface area contributed by atoms with E-state index in [0.717, 1.165) is 0 Å². The maximum Gasteiger partial charge on any atom is 0.0391 e. The lowest BCUT2D eigenvalue weighted by atomic mass is 9.79. The van der Waals surface area contributed by atoms with Gasteiger partial charge in [-0.05, 0) is 43.4 Å². The van der Waals surface area contributed by atoms with E-state index in [0.29, 0.717) is 5.92 Å². The Hall–Kier alpha value is -0.500. The molecule has 1 nitrogen and oxygen atoms in total. The standard InChI is InChI=1S/C13H18BrN/c1-4-13(3)8-9(2)12-10(14)6-5-7-11(12)15-13/h5-7,9,15H,4,8H2,1-3H3. The Kier molecular flexibility index (Phi) is 2.80. The van der Waals surface area contributed by atoms with Crippen LogP contribution in [0, 0.1) is 0 Å². The highest BCUT2D eigenvalue weighted by Gasteiger charge is 2.32. The first-order valence-electron chi connectivity index (χ1n) is 5.62. The third-order valence-corrected chi connectivity index (χ3v) is 4.21. The molecule has 1 aliphatic rings. The lowest BCUT2D eigenvalue weighted by Gasteiger charge is -2.40. The molecule has 0 saturated carbocycles. The van der Waals surface area contributed by atoms with E-state index in [1.807, 2.05) is 0 Å². The van der Waals surface area contributed by atoms with Crippen molar-refractivity contribution in [3.63, 3.8) is 0 Å². The zero-order valence-electron chi connectivity index (χ0n) is 9.60. The maximum atomic E-state index is 3.66. The topological polar surface area (TPSA) is 12.0 Å². The zero-order chi connectivity index (χ0) is 11.1. The van der Waals surface area contributed by atoms with E-state index in [4.69, 9.17) is 0 Å². The summed E-state index contributed by atoms with van der Waals surface area (Å²) in [4.78, 5) is 0. The third-order valence-electron chi connectivity index (χ3n) is 3.52. The lowest BCUT2D eigenvalue weighted by molar-refractivity contribution is 0.406. The summed E-state index contributed by atoms with van der Waals surface area (Å²) >= 11 is 3.64. The van der Waals surface area contributed by atoms with Crippen molar-refractivity contribution in [3.05, 3.63) is 28.2 Å². The van der Waals surface area contributed by atoms with Crippen molar-refractivity contribution in [2.45, 2.75) is 45.1 Å². The Bertz CT molecular complexity index is 375. The summed E-state index contributed by atoms with van der Waals surface area (Å²) < 4.78 is 1.23. The molecular weight excluding hydrogens is 250 g/mol. The highest BCUT2D eigenvalue weighted by Crippen LogP contribution is 2.43. The summed E-state index contributed by atoms with van der Waals surface area (Å²) in [5.41, 5.74) is 2.99. The van der Waals surface area contributed by atoms with Gasteiger partial charge < -0.3 is 5.32 Å². The molecule has 0 aromatic heterocycles. The van der Waals surface area contributed by atoms with Gasteiger partial charge in [-0.3, -0.25) is 0 Å². The molecule has 0 bridgehead atoms. The van der Waals surface area contributed by atoms with Crippen LogP contribution in [0.25, 0.3) is 0 Å². The number of anilines is 1. The van der Waals surface area contributed by atoms with Gasteiger partial charge in [0.05, 0.1) is 0 Å². The normalized spacial score (nSPS) is 29.5. The molecular formula is C13H18BrN. The van der Waals surface area contributed by atoms with E-state index in [1.165, 1.54) is 28.6 Å². The molecule has 2 heteroatoms. The first-order chi connectivity index (χ1) is 7.06. The Morgan fingerprint density at radius 2 is 2.27 bits per heavy atom. The van der Waals surface area contributed by atoms with E-state index in [2.05, 4.69) is 60.2 Å². The van der Waals surface area contributed by atoms with Crippen molar-refractivity contribution in [2.24, 2.45) is 0 Å². The first-order valence-corrected chi connectivity index (χ1v) is 6.41. The molecule has 0 aliphatic carbocycles. The van der Waals surface area contributed by atoms with Gasteiger partial charge >= 0.3 is 0 Å². The van der Waals surface area contributed by atoms with Crippen LogP contribution in [-0.4, -0.2) is 5.54 Å². The van der Waals surface area contributed by atoms with Gasteiger partial charge in [-0.15, -0.1) is 0 Å². The summed E-state index contributed by atoms with van der Waals surface area (Å²) in [6.07, 6.45) is 2.38. The molecule has 2 atom stereocenters. The third kappa shape index (κ3) is 1.92. The van der Waals surface area contributed by atoms with Crippen LogP contribution in [0.4, 0.5) is 5.69 Å². The minimum absolute atomic E-state index is 0.257. The number of rotatable bonds is 1. The smallest absolute Gasteiger partial charge is 0.0391 e. The average molecular weight is 268 g/mol. The molecule has 82 valence electrons. The number of hydrogen-bond acceptors (Lipinski definition) is 1. The Balaban J connectivity index is 2.45. The number of halogens is 1. The molecule has 1 aliphatic heterocycles. The Labute approximate surface area is 100 Å². The van der Waals surface area contributed by atoms with Gasteiger partial charge in [-0.1, -0.05) is 35.8 Å². The highest BCUT2D eigenvalue weighted by molar-refractivity contribution is 9.10. The van der Waals surface area contributed by atoms with Crippen molar-refractivity contribution in [2.75, 3.05) is 5.32 Å². The Morgan fingerprint density at radius 1 is 1.53 bits per heavy atom. The predicted molar refractivity (Wildman–Crippen MR) is 69.5 cm³/mol. The van der Waals surface area contributed by atoms with Gasteiger partial charge in [0.25, 0.3) is 0 Å². The minimum atomic E-state index is 0.257. The van der Waals surface area contributed by atoms with Crippen LogP contribution in [0.2, 0.25) is 0 Å². The second-order valence-corrected chi connectivity index (χ2v) is 5.70. The molecule has 15 heavy (non-hydrogen) atoms. The molecule has 0 fully saturated rings. The average Bonchev–Trinajstić information content (AvgIpc) is 2.17. The fourth-order valence-corrected chi connectivity index (χ4v) is 3.29. The van der Waals surface area contributed by atoms with E-state index in [1.54, 1.807) is 0 Å². The molecule has 1 N–H and O–H groups in total. The van der Waals surface area contributed by atoms with Crippen molar-refractivity contribution >= 4 is 21.6 Å². The highest BCUT2D eigenvalue weighted by atomic mass is 79.9. The van der Waals surface area contributed by atoms with Gasteiger partial charge in [-0.25, -0.2) is 0 Å². The first kappa shape index (κ1) is 11.0. The molecule has 1 heterocycles. The van der Waals surface area contributed by atoms with E-state index in [-0.39, 0.29) is 5.54 Å². The molecule has 0 radical (unpaired) electrons. The molecule has 0 spiro atoms. The second kappa shape index (κ2) is 3.82. The fraction of sp³-hybridized carbons (Fsp3) is 0.538. The van der Waals surface area contributed by atoms with E-state index >= 15 is 0 Å². The SMILES string of the molecule is CCC1(C)CC(C)c2c(Br)cccc2N1. The van der Waals surface area contributed by atoms with Gasteiger partial charge in [0.1, 0.15) is 0 Å². The lowest BCUT2D eigenvalue weighted by Crippen LogP contribution is -2.39. The summed E-state index contributed by atoms with van der Waals surface area (Å²) in [5.74, 6) is 0.627. The van der Waals surface area contributed by atoms with Crippen LogP contribution in [-0.2, 0) is 0 Å². The van der Waals surface area contributed by atoms with Gasteiger partial charge in [0, 0.05) is 15.7 Å². The fourth-order valence-electron chi connectivity index (χ4n) is 2.53. The van der Waals surface area contributed by atoms with Gasteiger partial charge in [-0.2, -0.15) is 0 Å². The number of nitrogens with one attached hydrogen (secondary N) is 1. The van der Waals surface area contributed by atoms with Crippen LogP contribution >= 0.6 is 15.9 Å². The maximum absolute atomic E-state index is 3.66. The number of hydrogen-bond donors (Lipinski definition) is 1. The van der Waals surface area contributed by atoms with Crippen LogP contribution < -0.4 is 5.32 Å². The molecule has 2 rings (SSSR count). The monoisotopic (exact) mass is 267 g/mol. The minimum Gasteiger partial charge on any atom is -0.380 e. The zero-order valence-corrected chi connectivity index (χ0v) is 11.2. The number of fused-ring (bicyclic) bond motifs is 1. The molecule has 0 amide bonds. The summed E-state index contributed by atoms with van der Waals surface area (Å²) in [7, 11) is 0. The van der Waals surface area contributed by atoms with Crippen LogP contribution in [0.1, 0.15) is 45.1 Å². The molecule has 2 unspecified atom stereocenters. The van der Waals surface area contributed by atoms with E-state index < -0.39 is 0 Å². The molecule has 1 aromatic carbocycles. The van der Waals surface area contributed by atoms with Gasteiger partial charge in [0.15, 0.2) is 0 Å². The summed E-state index contributed by atoms with van der Waals surface area (Å²) in [5, 5.41) is 3.66. The van der Waals surface area contributed by atoms with Crippen LogP contribution in [0.5, 0.6) is 0 Å². The number of benzene rings is 1. The molecule has 0 saturated heterocycles. The van der Waals surface area contributed by atoms with Crippen molar-refractivity contribution in [3.8, 4) is 0 Å². The largest absolute Gasteiger partial charge is 0.380 e. The summed E-state index contributed by atoms with van der Waals surface area (Å²) in [6, 6.07) is 6.42. The van der Waals surface area contributed by atoms with Crippen molar-refractivity contribution in [1.82, 2.24) is 0 Å². The summed E-state index contributed by atoms with van der Waals surface area (Å²) in [6.45, 7) is 6.88. The Morgan fingerprint density at radius 3 is 2.93 bits per heavy atom. The van der Waals surface area contributed by atoms with Crippen LogP contribution in [0.15, 0.2) is 22.7 Å². The van der Waals surface area contributed by atoms with Crippen molar-refractivity contribution < 1.29 is 0 Å². The van der Waals surface area contributed by atoms with Crippen LogP contribution in [0.3, 0.4) is 0 Å². The predicted octanol–water partition coefficient (Wildman–Crippen LogP) is 4.54. The van der Waals surface area contributed by atoms with E-state index in [9.17, 15) is 0 Å². The van der Waals surface area contributed by atoms with Crippen molar-refractivity contribution in [1.29, 1.82) is 0 Å². The van der Waals surface area contributed by atoms with Gasteiger partial charge in [0.2, 0.25) is 0 Å². The molecule has 1 aromatic rings. The second-order valence-electron chi connectivity index (χ2n) is 4.85.